The summed E-state index contributed by atoms with van der Waals surface area (Å²) in [6.07, 6.45) is 6.94. The summed E-state index contributed by atoms with van der Waals surface area (Å²) in [7, 11) is 3.18. The molecule has 1 saturated carbocycles. The maximum Gasteiger partial charge on any atom is 0.227 e. The Bertz CT molecular complexity index is 2250. The molecule has 1 amide bonds. The summed E-state index contributed by atoms with van der Waals surface area (Å²) in [6, 6.07) is 33.7. The molecule has 5 aromatic rings. The minimum absolute atomic E-state index is 0.0661. The highest BCUT2D eigenvalue weighted by molar-refractivity contribution is 7.09. The number of carbonyl (C=O) groups is 2. The molecule has 8 heteroatoms. The first-order valence-corrected chi connectivity index (χ1v) is 21.8. The normalized spacial score (nSPS) is 21.9. The van der Waals surface area contributed by atoms with E-state index in [1.165, 1.54) is 10.5 Å². The number of aliphatic hydroxyl groups excluding tert-OH is 1. The largest absolute Gasteiger partial charge is 0.493 e. The lowest BCUT2D eigenvalue weighted by Gasteiger charge is -2.46. The van der Waals surface area contributed by atoms with Gasteiger partial charge in [-0.25, -0.2) is 0 Å². The third-order valence-corrected chi connectivity index (χ3v) is 13.9. The van der Waals surface area contributed by atoms with Crippen molar-refractivity contribution in [2.75, 3.05) is 27.3 Å². The molecule has 0 unspecified atom stereocenters. The van der Waals surface area contributed by atoms with Gasteiger partial charge in [-0.15, -0.1) is 11.3 Å². The quantitative estimate of drug-likeness (QED) is 0.0963. The second-order valence-corrected chi connectivity index (χ2v) is 17.8. The van der Waals surface area contributed by atoms with E-state index in [1.807, 2.05) is 83.1 Å². The number of ether oxygens (including phenoxy) is 2. The number of ketones is 1. The SMILES string of the molecule is COc1ccc(CC(=O)N(CCc2cccs2)C[C@]2(O)CC[C@H]3c4ccc(cc4C(=O)c4ccc(-c5ccccc5)cc4)C[C@@H](O)CCC(C)=CCC[C@@]32C)cc1OC. The van der Waals surface area contributed by atoms with Gasteiger partial charge in [-0.05, 0) is 122 Å². The molecule has 7 nitrogen and oxygen atoms in total. The van der Waals surface area contributed by atoms with Gasteiger partial charge in [-0.1, -0.05) is 97.4 Å². The maximum absolute atomic E-state index is 14.7. The lowest BCUT2D eigenvalue weighted by Crippen LogP contribution is -2.54. The van der Waals surface area contributed by atoms with Crippen molar-refractivity contribution < 1.29 is 29.3 Å². The lowest BCUT2D eigenvalue weighted by molar-refractivity contribution is -0.139. The Balaban J connectivity index is 1.25. The van der Waals surface area contributed by atoms with Crippen molar-refractivity contribution in [3.05, 3.63) is 153 Å². The molecule has 3 aliphatic rings. The van der Waals surface area contributed by atoms with Crippen LogP contribution in [0.2, 0.25) is 0 Å². The first-order chi connectivity index (χ1) is 28.5. The van der Waals surface area contributed by atoms with E-state index in [4.69, 9.17) is 9.47 Å². The number of methoxy groups -OCH3 is 2. The van der Waals surface area contributed by atoms with Crippen LogP contribution in [0.4, 0.5) is 0 Å². The van der Waals surface area contributed by atoms with Crippen molar-refractivity contribution in [1.29, 1.82) is 0 Å². The fraction of sp³-hybridized carbons (Fsp3) is 0.373. The molecule has 4 atom stereocenters. The van der Waals surface area contributed by atoms with Crippen molar-refractivity contribution in [3.8, 4) is 22.6 Å². The third kappa shape index (κ3) is 9.41. The predicted molar refractivity (Wildman–Crippen MR) is 237 cm³/mol. The van der Waals surface area contributed by atoms with E-state index in [2.05, 4.69) is 50.3 Å². The lowest BCUT2D eigenvalue weighted by atomic mass is 9.64. The molecule has 0 saturated heterocycles. The zero-order valence-corrected chi connectivity index (χ0v) is 35.6. The van der Waals surface area contributed by atoms with Gasteiger partial charge in [0, 0.05) is 34.5 Å². The molecule has 3 aliphatic carbocycles. The zero-order chi connectivity index (χ0) is 41.6. The van der Waals surface area contributed by atoms with Gasteiger partial charge >= 0.3 is 0 Å². The van der Waals surface area contributed by atoms with Crippen molar-refractivity contribution in [1.82, 2.24) is 4.90 Å². The Morgan fingerprint density at radius 2 is 1.63 bits per heavy atom. The molecule has 1 fully saturated rings. The van der Waals surface area contributed by atoms with E-state index in [9.17, 15) is 19.8 Å². The molecule has 0 radical (unpaired) electrons. The zero-order valence-electron chi connectivity index (χ0n) is 34.8. The molecular formula is C51H57NO6S. The summed E-state index contributed by atoms with van der Waals surface area (Å²) < 4.78 is 11.0. The minimum Gasteiger partial charge on any atom is -0.493 e. The van der Waals surface area contributed by atoms with Gasteiger partial charge in [0.15, 0.2) is 17.3 Å². The highest BCUT2D eigenvalue weighted by Gasteiger charge is 2.57. The van der Waals surface area contributed by atoms with Crippen LogP contribution >= 0.6 is 11.3 Å². The molecule has 1 heterocycles. The molecule has 2 N–H and O–H groups in total. The summed E-state index contributed by atoms with van der Waals surface area (Å²) in [4.78, 5) is 32.2. The average Bonchev–Trinajstić information content (AvgIpc) is 3.87. The molecule has 59 heavy (non-hydrogen) atoms. The Morgan fingerprint density at radius 3 is 2.36 bits per heavy atom. The second-order valence-electron chi connectivity index (χ2n) is 16.7. The average molecular weight is 812 g/mol. The number of nitrogens with zero attached hydrogens (tertiary/aromatic N) is 1. The van der Waals surface area contributed by atoms with Crippen molar-refractivity contribution in [2.45, 2.75) is 89.3 Å². The second kappa shape index (κ2) is 18.5. The van der Waals surface area contributed by atoms with Gasteiger partial charge in [0.05, 0.1) is 32.3 Å². The van der Waals surface area contributed by atoms with Crippen LogP contribution in [-0.4, -0.2) is 65.8 Å². The number of hydrogen-bond donors (Lipinski definition) is 2. The Labute approximate surface area is 353 Å². The molecule has 4 aromatic carbocycles. The highest BCUT2D eigenvalue weighted by atomic mass is 32.1. The van der Waals surface area contributed by atoms with Crippen LogP contribution in [-0.2, 0) is 24.1 Å². The van der Waals surface area contributed by atoms with Crippen LogP contribution in [0.5, 0.6) is 11.5 Å². The maximum atomic E-state index is 14.7. The number of amides is 1. The van der Waals surface area contributed by atoms with E-state index < -0.39 is 17.1 Å². The molecule has 2 bridgehead atoms. The topological polar surface area (TPSA) is 96.3 Å². The first-order valence-electron chi connectivity index (χ1n) is 20.9. The summed E-state index contributed by atoms with van der Waals surface area (Å²) in [5.74, 6) is 0.865. The summed E-state index contributed by atoms with van der Waals surface area (Å²) in [5, 5.41) is 26.4. The van der Waals surface area contributed by atoms with E-state index >= 15 is 0 Å². The predicted octanol–water partition coefficient (Wildman–Crippen LogP) is 10.0. The fourth-order valence-electron chi connectivity index (χ4n) is 9.38. The monoisotopic (exact) mass is 811 g/mol. The molecule has 1 aromatic heterocycles. The van der Waals surface area contributed by atoms with Crippen molar-refractivity contribution in [2.24, 2.45) is 5.41 Å². The number of aliphatic hydroxyl groups is 2. The molecule has 0 aliphatic heterocycles. The number of benzene rings is 4. The molecule has 0 spiro atoms. The number of allylic oxidation sites excluding steroid dienone is 2. The Kier molecular flexibility index (Phi) is 13.2. The van der Waals surface area contributed by atoms with Crippen LogP contribution in [0.3, 0.4) is 0 Å². The minimum atomic E-state index is -1.24. The van der Waals surface area contributed by atoms with Gasteiger partial charge in [0.2, 0.25) is 5.91 Å². The Morgan fingerprint density at radius 1 is 0.864 bits per heavy atom. The number of rotatable bonds is 12. The van der Waals surface area contributed by atoms with Gasteiger partial charge in [-0.2, -0.15) is 0 Å². The van der Waals surface area contributed by atoms with Crippen molar-refractivity contribution >= 4 is 23.0 Å². The van der Waals surface area contributed by atoms with E-state index in [0.29, 0.717) is 67.7 Å². The third-order valence-electron chi connectivity index (χ3n) is 13.0. The van der Waals surface area contributed by atoms with Gasteiger partial charge in [0.25, 0.3) is 0 Å². The van der Waals surface area contributed by atoms with Crippen LogP contribution in [0, 0.1) is 5.41 Å². The number of thiophene rings is 1. The van der Waals surface area contributed by atoms with Gasteiger partial charge < -0.3 is 24.6 Å². The fourth-order valence-corrected chi connectivity index (χ4v) is 10.1. The van der Waals surface area contributed by atoms with Gasteiger partial charge in [0.1, 0.15) is 0 Å². The summed E-state index contributed by atoms with van der Waals surface area (Å²) in [5.41, 5.74) is 5.25. The molecule has 8 rings (SSSR count). The summed E-state index contributed by atoms with van der Waals surface area (Å²) in [6.45, 7) is 4.94. The summed E-state index contributed by atoms with van der Waals surface area (Å²) >= 11 is 1.67. The van der Waals surface area contributed by atoms with Crippen LogP contribution in [0.15, 0.2) is 120 Å². The number of fused-ring (bicyclic) bond motifs is 8. The van der Waals surface area contributed by atoms with E-state index in [-0.39, 0.29) is 30.6 Å². The molecular weight excluding hydrogens is 755 g/mol. The van der Waals surface area contributed by atoms with Crippen LogP contribution in [0.25, 0.3) is 11.1 Å². The van der Waals surface area contributed by atoms with E-state index in [1.54, 1.807) is 25.6 Å². The smallest absolute Gasteiger partial charge is 0.227 e. The van der Waals surface area contributed by atoms with Crippen molar-refractivity contribution in [3.63, 3.8) is 0 Å². The number of carbonyl (C=O) groups excluding carboxylic acids is 2. The molecule has 308 valence electrons. The first kappa shape index (κ1) is 42.1. The van der Waals surface area contributed by atoms with Crippen LogP contribution < -0.4 is 9.47 Å². The van der Waals surface area contributed by atoms with Gasteiger partial charge in [-0.3, -0.25) is 9.59 Å². The highest BCUT2D eigenvalue weighted by Crippen LogP contribution is 2.59. The number of hydrogen-bond acceptors (Lipinski definition) is 7. The van der Waals surface area contributed by atoms with E-state index in [0.717, 1.165) is 40.7 Å². The Hall–Kier alpha value is -5.02. The standard InChI is InChI=1S/C51H57NO6S/c1-35-10-8-26-50(2)45(24-27-51(50,56)34-52(28-25-42-13-9-29-59-42)48(54)33-37-16-23-46(57-3)47(32-37)58-4)43-22-15-36(30-41(53)21-14-35)31-44(43)49(55)40-19-17-39(18-20-40)38-11-6-5-7-12-38/h5-7,9-13,15-20,22-23,29,31-32,41,45,53,56H,8,14,21,24-28,30,33-34H2,1-4H3/t41-,45-,50-,51+/m0/s1. The van der Waals surface area contributed by atoms with Crippen LogP contribution in [0.1, 0.15) is 95.8 Å².